The highest BCUT2D eigenvalue weighted by Gasteiger charge is 2.79. The molecule has 0 amide bonds. The number of rotatable bonds is 2. The molecule has 0 aromatic heterocycles. The van der Waals surface area contributed by atoms with Crippen molar-refractivity contribution in [1.82, 2.24) is 0 Å². The van der Waals surface area contributed by atoms with E-state index in [2.05, 4.69) is 12.1 Å². The Balaban J connectivity index is 1.82. The summed E-state index contributed by atoms with van der Waals surface area (Å²) >= 11 is 0. The molecule has 0 unspecified atom stereocenters. The van der Waals surface area contributed by atoms with E-state index >= 15 is 0 Å². The zero-order chi connectivity index (χ0) is 21.4. The van der Waals surface area contributed by atoms with Crippen LogP contribution in [-0.2, 0) is 5.41 Å². The van der Waals surface area contributed by atoms with Crippen molar-refractivity contribution in [3.8, 4) is 12.1 Å². The van der Waals surface area contributed by atoms with Crippen LogP contribution in [0.5, 0.6) is 0 Å². The third-order valence-electron chi connectivity index (χ3n) is 6.04. The van der Waals surface area contributed by atoms with Gasteiger partial charge in [-0.2, -0.15) is 10.5 Å². The van der Waals surface area contributed by atoms with Crippen LogP contribution < -0.4 is 0 Å². The number of benzene rings is 2. The lowest BCUT2D eigenvalue weighted by Gasteiger charge is -2.27. The lowest BCUT2D eigenvalue weighted by atomic mass is 9.75. The summed E-state index contributed by atoms with van der Waals surface area (Å²) in [6.07, 6.45) is 4.21. The quantitative estimate of drug-likeness (QED) is 0.808. The van der Waals surface area contributed by atoms with E-state index in [0.29, 0.717) is 17.6 Å². The highest BCUT2D eigenvalue weighted by Crippen LogP contribution is 2.78. The van der Waals surface area contributed by atoms with E-state index < -0.39 is 29.0 Å². The number of hydrogen-bond donors (Lipinski definition) is 0. The molecule has 1 fully saturated rings. The van der Waals surface area contributed by atoms with Crippen molar-refractivity contribution in [3.63, 3.8) is 0 Å². The van der Waals surface area contributed by atoms with Gasteiger partial charge in [-0.3, -0.25) is 0 Å². The van der Waals surface area contributed by atoms with Crippen LogP contribution in [0.2, 0.25) is 0 Å². The van der Waals surface area contributed by atoms with Gasteiger partial charge in [0.15, 0.2) is 0 Å². The second-order valence-corrected chi connectivity index (χ2v) is 6.87. The highest BCUT2D eigenvalue weighted by atomic mass is 14.8. The summed E-state index contributed by atoms with van der Waals surface area (Å²) in [5.74, 6) is -0.391. The summed E-state index contributed by atoms with van der Waals surface area (Å²) in [7, 11) is 0. The molecule has 2 heteroatoms. The van der Waals surface area contributed by atoms with E-state index in [-0.39, 0.29) is 29.5 Å². The molecule has 25 heavy (non-hydrogen) atoms. The predicted molar refractivity (Wildman–Crippen MR) is 95.9 cm³/mol. The molecule has 2 bridgehead atoms. The fraction of sp³-hybridized carbons (Fsp3) is 0.217. The molecule has 0 saturated heterocycles. The fourth-order valence-electron chi connectivity index (χ4n) is 4.95. The standard InChI is InChI=1S/C23H16N2/c24-14-17-12-23(18-9-5-2-6-10-18)21-11-19(17)20(13-22(21,23)15-25)16-7-3-1-4-8-16/h1-10,12-13,19,21H,11H2/t19-,21-,22-,23+/m1/s1/i1D,3D,4D,7D,8D. The molecule has 3 aliphatic carbocycles. The van der Waals surface area contributed by atoms with E-state index in [9.17, 15) is 10.5 Å². The third kappa shape index (κ3) is 1.57. The van der Waals surface area contributed by atoms with Crippen LogP contribution in [-0.4, -0.2) is 0 Å². The van der Waals surface area contributed by atoms with E-state index in [1.807, 2.05) is 36.4 Å². The van der Waals surface area contributed by atoms with Crippen LogP contribution in [0.1, 0.15) is 24.4 Å². The van der Waals surface area contributed by atoms with Gasteiger partial charge in [-0.1, -0.05) is 72.7 Å². The maximum atomic E-state index is 10.2. The normalized spacial score (nSPS) is 37.0. The zero-order valence-electron chi connectivity index (χ0n) is 18.3. The molecule has 3 aliphatic rings. The summed E-state index contributed by atoms with van der Waals surface area (Å²) in [6.45, 7) is 0. The summed E-state index contributed by atoms with van der Waals surface area (Å²) in [4.78, 5) is 0. The molecule has 0 radical (unpaired) electrons. The van der Waals surface area contributed by atoms with Gasteiger partial charge in [0.25, 0.3) is 0 Å². The average Bonchev–Trinajstić information content (AvgIpc) is 3.42. The smallest absolute Gasteiger partial charge is 0.0950 e. The molecule has 0 heterocycles. The molecule has 2 nitrogen and oxygen atoms in total. The molecular formula is C23H16N2. The Morgan fingerprint density at radius 3 is 2.48 bits per heavy atom. The highest BCUT2D eigenvalue weighted by molar-refractivity contribution is 5.80. The molecule has 4 atom stereocenters. The first-order valence-corrected chi connectivity index (χ1v) is 8.23. The first-order valence-electron chi connectivity index (χ1n) is 10.7. The van der Waals surface area contributed by atoms with Gasteiger partial charge in [-0.05, 0) is 29.0 Å². The van der Waals surface area contributed by atoms with Gasteiger partial charge in [0, 0.05) is 16.9 Å². The van der Waals surface area contributed by atoms with Crippen molar-refractivity contribution in [1.29, 1.82) is 10.5 Å². The van der Waals surface area contributed by atoms with Crippen LogP contribution in [0.3, 0.4) is 0 Å². The second kappa shape index (κ2) is 4.71. The number of fused-ring (bicyclic) bond motifs is 2. The SMILES string of the molecule is [2H]c1c([2H])c([2H])c(C2=C[C@@]3(C#N)[C@H]4C[C@@H]2C(C#N)=C[C@]43c2ccccc2)c([2H])c1[2H]. The summed E-state index contributed by atoms with van der Waals surface area (Å²) in [5, 5.41) is 20.1. The lowest BCUT2D eigenvalue weighted by molar-refractivity contribution is 0.533. The van der Waals surface area contributed by atoms with Gasteiger partial charge in [0.2, 0.25) is 0 Å². The van der Waals surface area contributed by atoms with Crippen LogP contribution in [0.15, 0.2) is 78.3 Å². The van der Waals surface area contributed by atoms with Crippen LogP contribution in [0.4, 0.5) is 0 Å². The van der Waals surface area contributed by atoms with Gasteiger partial charge in [0.05, 0.1) is 24.4 Å². The van der Waals surface area contributed by atoms with Gasteiger partial charge in [-0.25, -0.2) is 0 Å². The Morgan fingerprint density at radius 1 is 1.04 bits per heavy atom. The minimum absolute atomic E-state index is 0.00647. The summed E-state index contributed by atoms with van der Waals surface area (Å²) in [6, 6.07) is 12.5. The monoisotopic (exact) mass is 325 g/mol. The van der Waals surface area contributed by atoms with E-state index in [0.717, 1.165) is 5.56 Å². The van der Waals surface area contributed by atoms with Crippen molar-refractivity contribution in [2.75, 3.05) is 0 Å². The Bertz CT molecular complexity index is 1240. The van der Waals surface area contributed by atoms with Crippen LogP contribution in [0.25, 0.3) is 5.57 Å². The zero-order valence-corrected chi connectivity index (χ0v) is 13.3. The molecule has 0 spiro atoms. The van der Waals surface area contributed by atoms with Crippen LogP contribution in [0, 0.1) is 39.9 Å². The van der Waals surface area contributed by atoms with Gasteiger partial charge < -0.3 is 0 Å². The Hall–Kier alpha value is -3.10. The molecule has 118 valence electrons. The third-order valence-corrected chi connectivity index (χ3v) is 6.04. The number of allylic oxidation sites excluding steroid dienone is 4. The number of nitrogens with zero attached hydrogens (tertiary/aromatic N) is 2. The Morgan fingerprint density at radius 2 is 1.80 bits per heavy atom. The minimum atomic E-state index is -0.901. The lowest BCUT2D eigenvalue weighted by Crippen LogP contribution is -2.18. The maximum Gasteiger partial charge on any atom is 0.0950 e. The minimum Gasteiger partial charge on any atom is -0.197 e. The first-order chi connectivity index (χ1) is 14.3. The summed E-state index contributed by atoms with van der Waals surface area (Å²) < 4.78 is 40.7. The van der Waals surface area contributed by atoms with Crippen molar-refractivity contribution >= 4 is 5.57 Å². The van der Waals surface area contributed by atoms with E-state index in [1.165, 1.54) is 0 Å². The number of hydrogen-bond acceptors (Lipinski definition) is 2. The average molecular weight is 325 g/mol. The second-order valence-electron chi connectivity index (χ2n) is 6.87. The molecule has 1 saturated carbocycles. The molecular weight excluding hydrogens is 304 g/mol. The molecule has 2 aromatic carbocycles. The van der Waals surface area contributed by atoms with Crippen molar-refractivity contribution < 1.29 is 6.85 Å². The van der Waals surface area contributed by atoms with E-state index in [4.69, 9.17) is 6.85 Å². The number of nitriles is 2. The largest absolute Gasteiger partial charge is 0.197 e. The Labute approximate surface area is 154 Å². The molecule has 2 aromatic rings. The topological polar surface area (TPSA) is 47.6 Å². The van der Waals surface area contributed by atoms with Crippen molar-refractivity contribution in [2.24, 2.45) is 17.3 Å². The van der Waals surface area contributed by atoms with Crippen molar-refractivity contribution in [3.05, 3.63) is 89.4 Å². The van der Waals surface area contributed by atoms with Crippen molar-refractivity contribution in [2.45, 2.75) is 11.8 Å². The van der Waals surface area contributed by atoms with E-state index in [1.54, 1.807) is 6.08 Å². The maximum absolute atomic E-state index is 10.2. The molecule has 5 rings (SSSR count). The van der Waals surface area contributed by atoms with Gasteiger partial charge in [0.1, 0.15) is 0 Å². The molecule has 0 aliphatic heterocycles. The van der Waals surface area contributed by atoms with Crippen LogP contribution >= 0.6 is 0 Å². The first kappa shape index (κ1) is 10.0. The molecule has 0 N–H and O–H groups in total. The van der Waals surface area contributed by atoms with Gasteiger partial charge in [-0.15, -0.1) is 0 Å². The van der Waals surface area contributed by atoms with Gasteiger partial charge >= 0.3 is 0 Å². The Kier molecular flexibility index (Phi) is 1.89. The summed E-state index contributed by atoms with van der Waals surface area (Å²) in [5.41, 5.74) is 0.509. The fourth-order valence-corrected chi connectivity index (χ4v) is 4.95. The predicted octanol–water partition coefficient (Wildman–Crippen LogP) is 4.63.